The Bertz CT molecular complexity index is 629. The maximum atomic E-state index is 10.5. The molecular formula is C17H25N3O3. The molecule has 2 unspecified atom stereocenters. The van der Waals surface area contributed by atoms with E-state index in [1.165, 1.54) is 6.26 Å². The Kier molecular flexibility index (Phi) is 5.50. The van der Waals surface area contributed by atoms with E-state index < -0.39 is 5.60 Å². The fourth-order valence-corrected chi connectivity index (χ4v) is 2.18. The van der Waals surface area contributed by atoms with Crippen LogP contribution < -0.4 is 10.6 Å². The van der Waals surface area contributed by atoms with Crippen LogP contribution in [0.5, 0.6) is 0 Å². The molecule has 0 radical (unpaired) electrons. The highest BCUT2D eigenvalue weighted by molar-refractivity contribution is 5.80. The lowest BCUT2D eigenvalue weighted by Gasteiger charge is -2.21. The minimum absolute atomic E-state index is 0.0324. The standard InChI is InChI=1S/C17H25N3O3/c1-5-18-16(20-13(3)14-9-8-12(2)23-14)19-11-17(4,21)15-7-6-10-22-15/h6-10,13,21H,5,11H2,1-4H3,(H2,18,19,20). The van der Waals surface area contributed by atoms with Crippen molar-refractivity contribution in [3.63, 3.8) is 0 Å². The van der Waals surface area contributed by atoms with Crippen molar-refractivity contribution in [3.05, 3.63) is 47.8 Å². The summed E-state index contributed by atoms with van der Waals surface area (Å²) in [5.74, 6) is 2.81. The molecule has 0 bridgehead atoms. The normalized spacial score (nSPS) is 16.0. The van der Waals surface area contributed by atoms with Gasteiger partial charge in [0.2, 0.25) is 0 Å². The van der Waals surface area contributed by atoms with Crippen molar-refractivity contribution >= 4 is 5.96 Å². The third-order valence-electron chi connectivity index (χ3n) is 3.48. The molecule has 0 amide bonds. The van der Waals surface area contributed by atoms with Gasteiger partial charge in [0.1, 0.15) is 22.9 Å². The van der Waals surface area contributed by atoms with Crippen molar-refractivity contribution in [2.45, 2.75) is 39.3 Å². The van der Waals surface area contributed by atoms with E-state index in [-0.39, 0.29) is 12.6 Å². The molecule has 6 nitrogen and oxygen atoms in total. The van der Waals surface area contributed by atoms with Crippen LogP contribution in [0.15, 0.2) is 44.4 Å². The van der Waals surface area contributed by atoms with Gasteiger partial charge in [0.25, 0.3) is 0 Å². The topological polar surface area (TPSA) is 82.9 Å². The summed E-state index contributed by atoms with van der Waals surface area (Å²) in [5.41, 5.74) is -1.16. The predicted molar refractivity (Wildman–Crippen MR) is 89.3 cm³/mol. The Morgan fingerprint density at radius 1 is 1.39 bits per heavy atom. The summed E-state index contributed by atoms with van der Waals surface area (Å²) < 4.78 is 10.9. The predicted octanol–water partition coefficient (Wildman–Crippen LogP) is 2.70. The van der Waals surface area contributed by atoms with Gasteiger partial charge in [-0.05, 0) is 52.0 Å². The van der Waals surface area contributed by atoms with Crippen LogP contribution in [0.4, 0.5) is 0 Å². The molecule has 0 aliphatic carbocycles. The van der Waals surface area contributed by atoms with E-state index in [0.717, 1.165) is 18.1 Å². The highest BCUT2D eigenvalue weighted by atomic mass is 16.4. The molecule has 0 aliphatic rings. The molecule has 23 heavy (non-hydrogen) atoms. The number of aliphatic imine (C=N–C) groups is 1. The van der Waals surface area contributed by atoms with Crippen molar-refractivity contribution < 1.29 is 13.9 Å². The lowest BCUT2D eigenvalue weighted by atomic mass is 10.0. The second kappa shape index (κ2) is 7.37. The first-order valence-electron chi connectivity index (χ1n) is 7.80. The maximum absolute atomic E-state index is 10.5. The van der Waals surface area contributed by atoms with Crippen LogP contribution in [-0.4, -0.2) is 24.2 Å². The number of nitrogens with one attached hydrogen (secondary N) is 2. The smallest absolute Gasteiger partial charge is 0.191 e. The number of aliphatic hydroxyl groups is 1. The third kappa shape index (κ3) is 4.63. The molecule has 2 rings (SSSR count). The van der Waals surface area contributed by atoms with E-state index in [2.05, 4.69) is 15.6 Å². The van der Waals surface area contributed by atoms with Gasteiger partial charge in [-0.15, -0.1) is 0 Å². The summed E-state index contributed by atoms with van der Waals surface area (Å²) in [6.07, 6.45) is 1.54. The van der Waals surface area contributed by atoms with Gasteiger partial charge in [0.15, 0.2) is 5.96 Å². The van der Waals surface area contributed by atoms with E-state index in [1.807, 2.05) is 32.9 Å². The van der Waals surface area contributed by atoms with Gasteiger partial charge >= 0.3 is 0 Å². The van der Waals surface area contributed by atoms with E-state index >= 15 is 0 Å². The number of nitrogens with zero attached hydrogens (tertiary/aromatic N) is 1. The summed E-state index contributed by atoms with van der Waals surface area (Å²) >= 11 is 0. The number of guanidine groups is 1. The average Bonchev–Trinajstić information content (AvgIpc) is 3.16. The van der Waals surface area contributed by atoms with Crippen molar-refractivity contribution in [1.82, 2.24) is 10.6 Å². The van der Waals surface area contributed by atoms with E-state index in [9.17, 15) is 5.11 Å². The molecule has 3 N–H and O–H groups in total. The van der Waals surface area contributed by atoms with Crippen molar-refractivity contribution in [2.24, 2.45) is 4.99 Å². The molecular weight excluding hydrogens is 294 g/mol. The average molecular weight is 319 g/mol. The Balaban J connectivity index is 2.05. The first kappa shape index (κ1) is 17.1. The zero-order valence-corrected chi connectivity index (χ0v) is 14.1. The highest BCUT2D eigenvalue weighted by Crippen LogP contribution is 2.21. The number of hydrogen-bond donors (Lipinski definition) is 3. The Morgan fingerprint density at radius 2 is 2.17 bits per heavy atom. The van der Waals surface area contributed by atoms with Crippen molar-refractivity contribution in [2.75, 3.05) is 13.1 Å². The molecule has 0 saturated carbocycles. The van der Waals surface area contributed by atoms with Crippen LogP contribution in [-0.2, 0) is 5.60 Å². The molecule has 2 heterocycles. The summed E-state index contributed by atoms with van der Waals surface area (Å²) in [6, 6.07) is 7.33. The lowest BCUT2D eigenvalue weighted by Crippen LogP contribution is -2.40. The Hall–Kier alpha value is -2.21. The number of hydrogen-bond acceptors (Lipinski definition) is 4. The van der Waals surface area contributed by atoms with Gasteiger partial charge in [-0.3, -0.25) is 0 Å². The minimum atomic E-state index is -1.16. The summed E-state index contributed by atoms with van der Waals surface area (Å²) in [6.45, 7) is 8.48. The second-order valence-corrected chi connectivity index (χ2v) is 5.76. The molecule has 0 aromatic carbocycles. The second-order valence-electron chi connectivity index (χ2n) is 5.76. The molecule has 6 heteroatoms. The van der Waals surface area contributed by atoms with E-state index in [0.29, 0.717) is 11.7 Å². The van der Waals surface area contributed by atoms with Gasteiger partial charge in [-0.1, -0.05) is 0 Å². The van der Waals surface area contributed by atoms with Crippen LogP contribution in [0.2, 0.25) is 0 Å². The fourth-order valence-electron chi connectivity index (χ4n) is 2.18. The number of rotatable bonds is 6. The molecule has 0 aliphatic heterocycles. The summed E-state index contributed by atoms with van der Waals surface area (Å²) in [5, 5.41) is 16.9. The number of furan rings is 2. The molecule has 0 spiro atoms. The van der Waals surface area contributed by atoms with Crippen LogP contribution in [0, 0.1) is 6.92 Å². The van der Waals surface area contributed by atoms with Crippen LogP contribution in [0.25, 0.3) is 0 Å². The monoisotopic (exact) mass is 319 g/mol. The van der Waals surface area contributed by atoms with Crippen LogP contribution in [0.1, 0.15) is 44.1 Å². The molecule has 0 saturated heterocycles. The van der Waals surface area contributed by atoms with E-state index in [4.69, 9.17) is 8.83 Å². The zero-order valence-electron chi connectivity index (χ0n) is 14.1. The van der Waals surface area contributed by atoms with Gasteiger partial charge < -0.3 is 24.6 Å². The highest BCUT2D eigenvalue weighted by Gasteiger charge is 2.26. The van der Waals surface area contributed by atoms with Crippen molar-refractivity contribution in [3.8, 4) is 0 Å². The van der Waals surface area contributed by atoms with E-state index in [1.54, 1.807) is 19.1 Å². The molecule has 126 valence electrons. The largest absolute Gasteiger partial charge is 0.466 e. The Labute approximate surface area is 136 Å². The molecule has 2 aromatic rings. The van der Waals surface area contributed by atoms with Gasteiger partial charge in [-0.2, -0.15) is 0 Å². The first-order valence-corrected chi connectivity index (χ1v) is 7.80. The zero-order chi connectivity index (χ0) is 16.9. The lowest BCUT2D eigenvalue weighted by molar-refractivity contribution is 0.0436. The molecule has 0 fully saturated rings. The third-order valence-corrected chi connectivity index (χ3v) is 3.48. The van der Waals surface area contributed by atoms with Crippen LogP contribution in [0.3, 0.4) is 0 Å². The molecule has 2 aromatic heterocycles. The summed E-state index contributed by atoms with van der Waals surface area (Å²) in [4.78, 5) is 4.46. The first-order chi connectivity index (χ1) is 10.9. The quantitative estimate of drug-likeness (QED) is 0.563. The Morgan fingerprint density at radius 3 is 2.74 bits per heavy atom. The summed E-state index contributed by atoms with van der Waals surface area (Å²) in [7, 11) is 0. The van der Waals surface area contributed by atoms with Gasteiger partial charge in [0, 0.05) is 6.54 Å². The van der Waals surface area contributed by atoms with Gasteiger partial charge in [0.05, 0.1) is 18.8 Å². The van der Waals surface area contributed by atoms with Gasteiger partial charge in [-0.25, -0.2) is 4.99 Å². The fraction of sp³-hybridized carbons (Fsp3) is 0.471. The van der Waals surface area contributed by atoms with Crippen LogP contribution >= 0.6 is 0 Å². The maximum Gasteiger partial charge on any atom is 0.191 e. The number of aryl methyl sites for hydroxylation is 1. The SMILES string of the molecule is CCNC(=NCC(C)(O)c1ccco1)NC(C)c1ccc(C)o1. The van der Waals surface area contributed by atoms with Crippen molar-refractivity contribution in [1.29, 1.82) is 0 Å². The minimum Gasteiger partial charge on any atom is -0.466 e. The molecule has 2 atom stereocenters.